The van der Waals surface area contributed by atoms with Gasteiger partial charge in [-0.25, -0.2) is 8.78 Å². The van der Waals surface area contributed by atoms with Gasteiger partial charge in [0.15, 0.2) is 23.3 Å². The summed E-state index contributed by atoms with van der Waals surface area (Å²) in [5.41, 5.74) is 5.88. The second-order valence-corrected chi connectivity index (χ2v) is 13.2. The molecule has 2 aliphatic rings. The molecule has 8 rings (SSSR count). The third-order valence-corrected chi connectivity index (χ3v) is 8.90. The summed E-state index contributed by atoms with van der Waals surface area (Å²) < 4.78 is 54.2. The van der Waals surface area contributed by atoms with E-state index in [2.05, 4.69) is 47.1 Å². The van der Waals surface area contributed by atoms with Gasteiger partial charge in [0.2, 0.25) is 11.8 Å². The first-order chi connectivity index (χ1) is 25.6. The Hall–Kier alpha value is -6.18. The van der Waals surface area contributed by atoms with E-state index in [9.17, 15) is 27.2 Å². The summed E-state index contributed by atoms with van der Waals surface area (Å²) in [5.74, 6) is -4.86. The van der Waals surface area contributed by atoms with Crippen LogP contribution >= 0.6 is 0 Å². The van der Waals surface area contributed by atoms with Gasteiger partial charge in [0.25, 0.3) is 11.9 Å². The Balaban J connectivity index is 0.000000165. The van der Waals surface area contributed by atoms with Crippen LogP contribution in [0, 0.1) is 30.5 Å². The molecule has 14 heteroatoms. The van der Waals surface area contributed by atoms with E-state index in [-0.39, 0.29) is 23.8 Å². The van der Waals surface area contributed by atoms with Gasteiger partial charge in [-0.1, -0.05) is 48.5 Å². The summed E-state index contributed by atoms with van der Waals surface area (Å²) in [4.78, 5) is 31.2. The molecule has 2 saturated carbocycles. The third-order valence-electron chi connectivity index (χ3n) is 8.90. The van der Waals surface area contributed by atoms with Crippen molar-refractivity contribution in [2.45, 2.75) is 57.3 Å². The summed E-state index contributed by atoms with van der Waals surface area (Å²) in [6.07, 6.45) is 6.76. The highest BCUT2D eigenvalue weighted by molar-refractivity contribution is 5.92. The SMILES string of the molecule is Cc1ccnc(-c2ccc(CC(=O)Nc3cc(C4CC4)[nH]n3)cc2)c1.O=C(Cc1ccc(-c2c(F)c(F)nc(F)c2F)cc1)Nc1cc(C2CC2)[nH]n1. The lowest BCUT2D eigenvalue weighted by molar-refractivity contribution is -0.116. The number of aromatic amines is 2. The molecule has 0 saturated heterocycles. The van der Waals surface area contributed by atoms with Crippen molar-refractivity contribution >= 4 is 23.5 Å². The number of aryl methyl sites for hydroxylation is 1. The van der Waals surface area contributed by atoms with Gasteiger partial charge in [0, 0.05) is 47.1 Å². The lowest BCUT2D eigenvalue weighted by Crippen LogP contribution is -2.14. The zero-order valence-electron chi connectivity index (χ0n) is 28.5. The van der Waals surface area contributed by atoms with E-state index in [1.165, 1.54) is 42.7 Å². The number of carbonyl (C=O) groups excluding carboxylic acids is 2. The normalized spacial score (nSPS) is 13.6. The standard InChI is InChI=1S/C20H20N4O.C19H14F4N4O/c1-13-8-9-21-17(10-13)15-4-2-14(3-5-15)11-20(25)22-19-12-18(23-24-19)16-6-7-16;20-16-15(17(21)19(23)25-18(16)22)11-3-1-9(2-4-11)7-14(28)24-13-8-12(26-27-13)10-5-6-10/h2-5,8-10,12,16H,6-7,11H2,1H3,(H2,22,23,24,25);1-4,8,10H,5-7H2,(H2,24,26,27,28). The van der Waals surface area contributed by atoms with Crippen molar-refractivity contribution in [1.29, 1.82) is 0 Å². The summed E-state index contributed by atoms with van der Waals surface area (Å²) in [6, 6.07) is 21.2. The van der Waals surface area contributed by atoms with Gasteiger partial charge in [-0.2, -0.15) is 24.0 Å². The smallest absolute Gasteiger partial charge is 0.252 e. The number of nitrogens with one attached hydrogen (secondary N) is 4. The Morgan fingerprint density at radius 2 is 1.15 bits per heavy atom. The summed E-state index contributed by atoms with van der Waals surface area (Å²) in [5, 5.41) is 19.6. The molecule has 0 spiro atoms. The number of hydrogen-bond donors (Lipinski definition) is 4. The van der Waals surface area contributed by atoms with E-state index < -0.39 is 29.1 Å². The van der Waals surface area contributed by atoms with Crippen molar-refractivity contribution in [3.63, 3.8) is 0 Å². The van der Waals surface area contributed by atoms with Crippen LogP contribution in [0.15, 0.2) is 79.0 Å². The minimum absolute atomic E-state index is 0.00403. The zero-order valence-corrected chi connectivity index (χ0v) is 28.5. The maximum absolute atomic E-state index is 13.8. The van der Waals surface area contributed by atoms with Gasteiger partial charge in [0.05, 0.1) is 24.1 Å². The molecule has 0 aliphatic heterocycles. The second kappa shape index (κ2) is 15.2. The zero-order chi connectivity index (χ0) is 37.1. The molecular formula is C39H34F4N8O2. The summed E-state index contributed by atoms with van der Waals surface area (Å²) in [6.45, 7) is 2.05. The molecule has 0 atom stereocenters. The third kappa shape index (κ3) is 8.83. The first kappa shape index (κ1) is 35.2. The number of pyridine rings is 2. The molecular weight excluding hydrogens is 688 g/mol. The highest BCUT2D eigenvalue weighted by Gasteiger charge is 2.27. The topological polar surface area (TPSA) is 141 Å². The van der Waals surface area contributed by atoms with Crippen molar-refractivity contribution in [2.24, 2.45) is 0 Å². The Morgan fingerprint density at radius 1 is 0.679 bits per heavy atom. The second-order valence-electron chi connectivity index (χ2n) is 13.2. The molecule has 4 aromatic heterocycles. The van der Waals surface area contributed by atoms with Crippen molar-refractivity contribution in [3.05, 3.63) is 131 Å². The van der Waals surface area contributed by atoms with E-state index in [4.69, 9.17) is 0 Å². The van der Waals surface area contributed by atoms with Gasteiger partial charge in [0.1, 0.15) is 0 Å². The number of carbonyl (C=O) groups is 2. The highest BCUT2D eigenvalue weighted by Crippen LogP contribution is 2.40. The predicted octanol–water partition coefficient (Wildman–Crippen LogP) is 7.93. The maximum atomic E-state index is 13.8. The molecule has 2 aromatic carbocycles. The van der Waals surface area contributed by atoms with Crippen molar-refractivity contribution in [2.75, 3.05) is 10.6 Å². The van der Waals surface area contributed by atoms with Gasteiger partial charge >= 0.3 is 0 Å². The predicted molar refractivity (Wildman–Crippen MR) is 190 cm³/mol. The van der Waals surface area contributed by atoms with Crippen LogP contribution in [-0.4, -0.2) is 42.2 Å². The fraction of sp³-hybridized carbons (Fsp3) is 0.231. The molecule has 0 bridgehead atoms. The maximum Gasteiger partial charge on any atom is 0.252 e. The van der Waals surface area contributed by atoms with Crippen molar-refractivity contribution in [1.82, 2.24) is 30.4 Å². The quantitative estimate of drug-likeness (QED) is 0.0837. The van der Waals surface area contributed by atoms with Crippen LogP contribution in [0.3, 0.4) is 0 Å². The van der Waals surface area contributed by atoms with Crippen molar-refractivity contribution in [3.8, 4) is 22.4 Å². The van der Waals surface area contributed by atoms with Crippen LogP contribution in [0.25, 0.3) is 22.4 Å². The van der Waals surface area contributed by atoms with Crippen LogP contribution in [0.1, 0.15) is 65.6 Å². The van der Waals surface area contributed by atoms with E-state index >= 15 is 0 Å². The number of hydrogen-bond acceptors (Lipinski definition) is 6. The minimum Gasteiger partial charge on any atom is -0.309 e. The van der Waals surface area contributed by atoms with E-state index in [1.54, 1.807) is 6.07 Å². The Bertz CT molecular complexity index is 2240. The molecule has 2 aliphatic carbocycles. The lowest BCUT2D eigenvalue weighted by atomic mass is 10.0. The molecule has 0 radical (unpaired) electrons. The first-order valence-electron chi connectivity index (χ1n) is 17.1. The Labute approximate surface area is 301 Å². The van der Waals surface area contributed by atoms with Gasteiger partial charge in [-0.15, -0.1) is 0 Å². The number of halogens is 4. The largest absolute Gasteiger partial charge is 0.309 e. The highest BCUT2D eigenvalue weighted by atomic mass is 19.2. The monoisotopic (exact) mass is 722 g/mol. The van der Waals surface area contributed by atoms with Crippen LogP contribution in [0.5, 0.6) is 0 Å². The Kier molecular flexibility index (Phi) is 10.1. The molecule has 2 amide bonds. The number of amides is 2. The summed E-state index contributed by atoms with van der Waals surface area (Å²) >= 11 is 0. The number of anilines is 2. The van der Waals surface area contributed by atoms with Gasteiger partial charge in [-0.3, -0.25) is 24.8 Å². The number of nitrogens with zero attached hydrogens (tertiary/aromatic N) is 4. The average molecular weight is 723 g/mol. The number of benzene rings is 2. The molecule has 6 aromatic rings. The molecule has 0 unspecified atom stereocenters. The van der Waals surface area contributed by atoms with Gasteiger partial charge in [-0.05, 0) is 67.0 Å². The Morgan fingerprint density at radius 3 is 1.60 bits per heavy atom. The fourth-order valence-corrected chi connectivity index (χ4v) is 5.77. The number of rotatable bonds is 10. The van der Waals surface area contributed by atoms with Crippen LogP contribution < -0.4 is 10.6 Å². The number of aromatic nitrogens is 6. The molecule has 2 fully saturated rings. The molecule has 4 heterocycles. The van der Waals surface area contributed by atoms with Gasteiger partial charge < -0.3 is 10.6 Å². The van der Waals surface area contributed by atoms with E-state index in [1.807, 2.05) is 49.5 Å². The van der Waals surface area contributed by atoms with Crippen LogP contribution in [-0.2, 0) is 22.4 Å². The van der Waals surface area contributed by atoms with Crippen molar-refractivity contribution < 1.29 is 27.2 Å². The number of H-pyrrole nitrogens is 2. The van der Waals surface area contributed by atoms with E-state index in [0.717, 1.165) is 41.1 Å². The first-order valence-corrected chi connectivity index (χ1v) is 17.1. The lowest BCUT2D eigenvalue weighted by Gasteiger charge is -2.08. The molecule has 53 heavy (non-hydrogen) atoms. The summed E-state index contributed by atoms with van der Waals surface area (Å²) in [7, 11) is 0. The fourth-order valence-electron chi connectivity index (χ4n) is 5.77. The average Bonchev–Trinajstić information content (AvgIpc) is 4.08. The minimum atomic E-state index is -1.72. The van der Waals surface area contributed by atoms with E-state index in [0.29, 0.717) is 35.5 Å². The molecule has 4 N–H and O–H groups in total. The van der Waals surface area contributed by atoms with Crippen LogP contribution in [0.2, 0.25) is 0 Å². The molecule has 10 nitrogen and oxygen atoms in total. The molecule has 270 valence electrons. The van der Waals surface area contributed by atoms with Crippen LogP contribution in [0.4, 0.5) is 29.2 Å².